The van der Waals surface area contributed by atoms with Crippen molar-refractivity contribution in [1.29, 1.82) is 0 Å². The van der Waals surface area contributed by atoms with Crippen LogP contribution in [-0.2, 0) is 22.7 Å². The number of nitrogens with one attached hydrogen (secondary N) is 2. The second kappa shape index (κ2) is 28.8. The number of nitrogens with zero attached hydrogens (tertiary/aromatic N) is 2. The Morgan fingerprint density at radius 2 is 0.771 bits per heavy atom. The molecule has 0 unspecified atom stereocenters. The van der Waals surface area contributed by atoms with Crippen LogP contribution in [0.2, 0.25) is 0 Å². The van der Waals surface area contributed by atoms with Crippen LogP contribution in [0.4, 0.5) is 20.2 Å². The first-order chi connectivity index (χ1) is 39.6. The standard InChI is InChI=1S/2C33H33FN2O5.Ca/c2*34-24-15-13-23(14-16-24)31-29(21-7-3-1-4-8-21)30(33(41)35-25-9-5-2-6-10-25)32(22-11-12-22)36(31)18-17-26(37)19-27(38)20-28(39)40;/h2*1-10,13-16,22,26-27,37-38H,11-12,17-20H2,(H,35,41)(H,39,40);/q;;+2/p-2/t2*26-,27-;/m11./s1. The van der Waals surface area contributed by atoms with E-state index >= 15 is 0 Å². The molecule has 2 aliphatic carbocycles. The molecule has 2 aromatic heterocycles. The summed E-state index contributed by atoms with van der Waals surface area (Å²) < 4.78 is 32.1. The molecule has 0 radical (unpaired) electrons. The number of hydrogen-bond acceptors (Lipinski definition) is 10. The van der Waals surface area contributed by atoms with E-state index in [1.54, 1.807) is 24.3 Å². The fourth-order valence-corrected chi connectivity index (χ4v) is 10.7. The normalized spacial score (nSPS) is 14.2. The number of rotatable bonds is 24. The van der Waals surface area contributed by atoms with Gasteiger partial charge in [-0.2, -0.15) is 0 Å². The molecule has 4 atom stereocenters. The van der Waals surface area contributed by atoms with Gasteiger partial charge >= 0.3 is 37.7 Å². The van der Waals surface area contributed by atoms with E-state index in [4.69, 9.17) is 0 Å². The average Bonchev–Trinajstić information content (AvgIpc) is 2.77. The minimum absolute atomic E-state index is 0. The number of aromatic nitrogens is 2. The summed E-state index contributed by atoms with van der Waals surface area (Å²) >= 11 is 0. The van der Waals surface area contributed by atoms with Crippen LogP contribution in [0, 0.1) is 11.6 Å². The summed E-state index contributed by atoms with van der Waals surface area (Å²) in [6.45, 7) is 0.604. The van der Waals surface area contributed by atoms with Gasteiger partial charge in [0.1, 0.15) is 11.6 Å². The molecule has 0 saturated heterocycles. The number of hydrogen-bond donors (Lipinski definition) is 6. The topological polar surface area (TPSA) is 229 Å². The largest absolute Gasteiger partial charge is 2.00 e. The molecular weight excluding hydrogens is 1090 g/mol. The average molecular weight is 1150 g/mol. The van der Waals surface area contributed by atoms with Crippen molar-refractivity contribution in [3.63, 3.8) is 0 Å². The van der Waals surface area contributed by atoms with Gasteiger partial charge in [-0.1, -0.05) is 97.1 Å². The first kappa shape index (κ1) is 61.8. The van der Waals surface area contributed by atoms with Crippen molar-refractivity contribution in [2.45, 2.75) is 114 Å². The van der Waals surface area contributed by atoms with Gasteiger partial charge in [-0.15, -0.1) is 0 Å². The number of anilines is 2. The number of aliphatic carboxylic acids is 2. The zero-order valence-corrected chi connectivity index (χ0v) is 47.9. The Morgan fingerprint density at radius 1 is 0.458 bits per heavy atom. The molecule has 83 heavy (non-hydrogen) atoms. The molecule has 2 fully saturated rings. The number of halogens is 2. The van der Waals surface area contributed by atoms with E-state index in [1.807, 2.05) is 130 Å². The zero-order chi connectivity index (χ0) is 57.9. The molecule has 2 amide bonds. The summed E-state index contributed by atoms with van der Waals surface area (Å²) in [7, 11) is 0. The van der Waals surface area contributed by atoms with Crippen molar-refractivity contribution in [3.05, 3.63) is 204 Å². The third kappa shape index (κ3) is 16.1. The Morgan fingerprint density at radius 3 is 1.07 bits per heavy atom. The Labute approximate surface area is 510 Å². The van der Waals surface area contributed by atoms with E-state index in [0.29, 0.717) is 35.6 Å². The third-order valence-electron chi connectivity index (χ3n) is 14.7. The van der Waals surface area contributed by atoms with Gasteiger partial charge in [-0.05, 0) is 146 Å². The van der Waals surface area contributed by atoms with E-state index < -0.39 is 49.2 Å². The minimum Gasteiger partial charge on any atom is -0.550 e. The molecule has 10 rings (SSSR count). The van der Waals surface area contributed by atoms with Gasteiger partial charge < -0.3 is 60.0 Å². The Kier molecular flexibility index (Phi) is 21.4. The number of aliphatic hydroxyl groups is 4. The SMILES string of the molecule is O=C([O-])C[C@H](O)C[C@H](O)CCn1c(-c2ccc(F)cc2)c(-c2ccccc2)c(C(=O)Nc2ccccc2)c1C1CC1.O=C([O-])C[C@H](O)C[C@H](O)CCn1c(-c2ccc(F)cc2)c(-c2ccccc2)c(C(=O)Nc2ccccc2)c1C1CC1.[Ca+2]. The van der Waals surface area contributed by atoms with E-state index in [-0.39, 0.29) is 98.7 Å². The summed E-state index contributed by atoms with van der Waals surface area (Å²) in [6.07, 6.45) is -1.76. The van der Waals surface area contributed by atoms with Gasteiger partial charge in [0.25, 0.3) is 11.8 Å². The van der Waals surface area contributed by atoms with Crippen LogP contribution < -0.4 is 20.8 Å². The predicted molar refractivity (Wildman–Crippen MR) is 311 cm³/mol. The van der Waals surface area contributed by atoms with Crippen LogP contribution in [0.5, 0.6) is 0 Å². The predicted octanol–water partition coefficient (Wildman–Crippen LogP) is 9.09. The van der Waals surface area contributed by atoms with Crippen molar-refractivity contribution >= 4 is 72.9 Å². The van der Waals surface area contributed by atoms with Crippen molar-refractivity contribution in [1.82, 2.24) is 9.13 Å². The fraction of sp³-hybridized carbons (Fsp3) is 0.273. The van der Waals surface area contributed by atoms with Crippen molar-refractivity contribution in [2.75, 3.05) is 10.6 Å². The van der Waals surface area contributed by atoms with Crippen molar-refractivity contribution in [3.8, 4) is 44.8 Å². The second-order valence-electron chi connectivity index (χ2n) is 21.0. The number of carbonyl (C=O) groups excluding carboxylic acids is 4. The molecule has 6 aromatic carbocycles. The number of benzene rings is 6. The summed E-state index contributed by atoms with van der Waals surface area (Å²) in [4.78, 5) is 49.9. The smallest absolute Gasteiger partial charge is 0.550 e. The maximum absolute atomic E-state index is 14.1. The Balaban J connectivity index is 0.000000214. The number of carbonyl (C=O) groups is 4. The quantitative estimate of drug-likeness (QED) is 0.0315. The molecule has 2 saturated carbocycles. The van der Waals surface area contributed by atoms with Gasteiger partial charge in [0.05, 0.1) is 46.9 Å². The molecule has 8 aromatic rings. The van der Waals surface area contributed by atoms with Gasteiger partial charge in [0.2, 0.25) is 0 Å². The third-order valence-corrected chi connectivity index (χ3v) is 14.7. The molecule has 17 heteroatoms. The molecule has 424 valence electrons. The molecule has 14 nitrogen and oxygen atoms in total. The summed E-state index contributed by atoms with van der Waals surface area (Å²) in [5.74, 6) is -3.79. The number of amides is 2. The molecule has 0 spiro atoms. The molecule has 2 heterocycles. The van der Waals surface area contributed by atoms with E-state index in [2.05, 4.69) is 10.6 Å². The van der Waals surface area contributed by atoms with Gasteiger partial charge in [0.15, 0.2) is 0 Å². The number of aliphatic hydroxyl groups excluding tert-OH is 4. The van der Waals surface area contributed by atoms with Gasteiger partial charge in [-0.25, -0.2) is 8.78 Å². The number of carboxylic acids is 2. The monoisotopic (exact) mass is 1150 g/mol. The van der Waals surface area contributed by atoms with E-state index in [9.17, 15) is 58.6 Å². The number of carboxylic acid groups (broad SMARTS) is 2. The maximum Gasteiger partial charge on any atom is 2.00 e. The maximum atomic E-state index is 14.1. The number of para-hydroxylation sites is 2. The first-order valence-electron chi connectivity index (χ1n) is 27.6. The minimum atomic E-state index is -1.38. The zero-order valence-electron chi connectivity index (χ0n) is 45.7. The van der Waals surface area contributed by atoms with Crippen LogP contribution in [0.15, 0.2) is 170 Å². The Hall–Kier alpha value is -7.28. The van der Waals surface area contributed by atoms with E-state index in [0.717, 1.165) is 81.8 Å². The van der Waals surface area contributed by atoms with Crippen LogP contribution in [0.3, 0.4) is 0 Å². The van der Waals surface area contributed by atoms with E-state index in [1.165, 1.54) is 24.3 Å². The fourth-order valence-electron chi connectivity index (χ4n) is 10.7. The van der Waals surface area contributed by atoms with Crippen LogP contribution in [0.1, 0.15) is 108 Å². The van der Waals surface area contributed by atoms with Crippen LogP contribution >= 0.6 is 0 Å². The Bertz CT molecular complexity index is 3240. The first-order valence-corrected chi connectivity index (χ1v) is 27.6. The van der Waals surface area contributed by atoms with Gasteiger partial charge in [0, 0.05) is 83.6 Å². The molecule has 2 aliphatic rings. The summed E-state index contributed by atoms with van der Waals surface area (Å²) in [5, 5.41) is 69.3. The molecular formula is C66H64CaF2N4O10. The molecule has 6 N–H and O–H groups in total. The summed E-state index contributed by atoms with van der Waals surface area (Å²) in [6, 6.07) is 49.9. The van der Waals surface area contributed by atoms with Crippen molar-refractivity contribution in [2.24, 2.45) is 0 Å². The molecule has 0 aliphatic heterocycles. The van der Waals surface area contributed by atoms with Gasteiger partial charge in [-0.3, -0.25) is 9.59 Å². The van der Waals surface area contributed by atoms with Crippen LogP contribution in [0.25, 0.3) is 44.8 Å². The summed E-state index contributed by atoms with van der Waals surface area (Å²) in [5.41, 5.74) is 10.1. The van der Waals surface area contributed by atoms with Crippen LogP contribution in [-0.4, -0.2) is 115 Å². The van der Waals surface area contributed by atoms with Crippen molar-refractivity contribution < 1.29 is 58.6 Å². The second-order valence-corrected chi connectivity index (χ2v) is 21.0. The molecule has 0 bridgehead atoms.